The minimum atomic E-state index is -5.88. The Morgan fingerprint density at radius 1 is 1.12 bits per heavy atom. The van der Waals surface area contributed by atoms with Crippen molar-refractivity contribution in [2.75, 3.05) is 25.7 Å². The summed E-state index contributed by atoms with van der Waals surface area (Å²) >= 11 is 1.75. The molecule has 0 heterocycles. The van der Waals surface area contributed by atoms with Crippen LogP contribution < -0.4 is 0 Å². The number of halogens is 6. The molecule has 0 spiro atoms. The molecule has 0 aliphatic heterocycles. The predicted octanol–water partition coefficient (Wildman–Crippen LogP) is 4.13. The van der Waals surface area contributed by atoms with Crippen LogP contribution in [0.15, 0.2) is 12.2 Å². The van der Waals surface area contributed by atoms with Gasteiger partial charge in [0.1, 0.15) is 0 Å². The Morgan fingerprint density at radius 2 is 1.54 bits per heavy atom. The Morgan fingerprint density at radius 3 is 1.88 bits per heavy atom. The molecule has 0 rings (SSSR count). The van der Waals surface area contributed by atoms with Crippen molar-refractivity contribution in [2.24, 2.45) is 0 Å². The first-order valence-electron chi connectivity index (χ1n) is 7.34. The van der Waals surface area contributed by atoms with Crippen molar-refractivity contribution in [3.05, 3.63) is 12.2 Å². The lowest BCUT2D eigenvalue weighted by molar-refractivity contribution is -0.374. The van der Waals surface area contributed by atoms with E-state index in [0.717, 1.165) is 6.92 Å². The van der Waals surface area contributed by atoms with Gasteiger partial charge in [-0.15, -0.1) is 0 Å². The van der Waals surface area contributed by atoms with Gasteiger partial charge >= 0.3 is 18.3 Å². The molecule has 0 aromatic heterocycles. The monoisotopic (exact) mass is 414 g/mol. The fourth-order valence-electron chi connectivity index (χ4n) is 1.50. The summed E-state index contributed by atoms with van der Waals surface area (Å²) in [6.07, 6.45) is -10.8. The third kappa shape index (κ3) is 9.67. The summed E-state index contributed by atoms with van der Waals surface area (Å²) in [5.74, 6) is -0.665. The maximum absolute atomic E-state index is 12.5. The Hall–Kier alpha value is -0.940. The Kier molecular flexibility index (Phi) is 12.3. The molecule has 156 valence electrons. The lowest BCUT2D eigenvalue weighted by atomic mass is 9.95. The molecule has 26 heavy (non-hydrogen) atoms. The summed E-state index contributed by atoms with van der Waals surface area (Å²) in [5.41, 5.74) is -4.69. The molecule has 0 aromatic carbocycles. The average Bonchev–Trinajstić information content (AvgIpc) is 2.44. The van der Waals surface area contributed by atoms with Crippen LogP contribution in [0.4, 0.5) is 26.3 Å². The number of esters is 1. The number of hydrogen-bond donors (Lipinski definition) is 1. The SMILES string of the molecule is C=C(C)C(=O)OCCCOC(C)CC(O)(C(F)(F)F)C(F)(F)F.CSC. The summed E-state index contributed by atoms with van der Waals surface area (Å²) in [6, 6.07) is 0. The van der Waals surface area contributed by atoms with E-state index in [1.807, 2.05) is 12.5 Å². The van der Waals surface area contributed by atoms with Gasteiger partial charge in [0.15, 0.2) is 0 Å². The number of ether oxygens (including phenoxy) is 2. The van der Waals surface area contributed by atoms with Crippen molar-refractivity contribution < 1.29 is 45.7 Å². The molecule has 0 radical (unpaired) electrons. The average molecular weight is 414 g/mol. The number of aliphatic hydroxyl groups is 1. The van der Waals surface area contributed by atoms with Gasteiger partial charge in [0, 0.05) is 18.4 Å². The van der Waals surface area contributed by atoms with Crippen LogP contribution in [0.1, 0.15) is 26.7 Å². The quantitative estimate of drug-likeness (QED) is 0.280. The molecule has 0 fully saturated rings. The second-order valence-electron chi connectivity index (χ2n) is 5.42. The van der Waals surface area contributed by atoms with Crippen molar-refractivity contribution in [3.63, 3.8) is 0 Å². The van der Waals surface area contributed by atoms with Gasteiger partial charge < -0.3 is 14.6 Å². The van der Waals surface area contributed by atoms with Crippen LogP contribution in [0.2, 0.25) is 0 Å². The Balaban J connectivity index is 0. The molecule has 0 bridgehead atoms. The highest BCUT2D eigenvalue weighted by Crippen LogP contribution is 2.46. The minimum Gasteiger partial charge on any atom is -0.462 e. The van der Waals surface area contributed by atoms with Gasteiger partial charge in [-0.25, -0.2) is 4.79 Å². The zero-order chi connectivity index (χ0) is 21.2. The molecule has 0 amide bonds. The van der Waals surface area contributed by atoms with Crippen LogP contribution in [0, 0.1) is 0 Å². The van der Waals surface area contributed by atoms with E-state index in [0.29, 0.717) is 0 Å². The molecule has 1 N–H and O–H groups in total. The van der Waals surface area contributed by atoms with Crippen LogP contribution in [-0.4, -0.2) is 60.9 Å². The summed E-state index contributed by atoms with van der Waals surface area (Å²) in [6.45, 7) is 5.35. The van der Waals surface area contributed by atoms with E-state index in [-0.39, 0.29) is 25.2 Å². The van der Waals surface area contributed by atoms with Gasteiger partial charge in [-0.05, 0) is 26.4 Å². The number of alkyl halides is 6. The lowest BCUT2D eigenvalue weighted by Gasteiger charge is -2.34. The zero-order valence-electron chi connectivity index (χ0n) is 15.0. The van der Waals surface area contributed by atoms with Crippen molar-refractivity contribution in [3.8, 4) is 0 Å². The molecule has 1 atom stereocenters. The van der Waals surface area contributed by atoms with E-state index in [1.165, 1.54) is 6.92 Å². The smallest absolute Gasteiger partial charge is 0.426 e. The molecule has 0 aliphatic rings. The molecule has 0 saturated carbocycles. The first-order chi connectivity index (χ1) is 11.6. The van der Waals surface area contributed by atoms with Gasteiger partial charge in [-0.1, -0.05) is 6.58 Å². The number of thioether (sulfide) groups is 1. The topological polar surface area (TPSA) is 55.8 Å². The number of carbonyl (C=O) groups is 1. The van der Waals surface area contributed by atoms with Crippen LogP contribution in [-0.2, 0) is 14.3 Å². The van der Waals surface area contributed by atoms with E-state index in [4.69, 9.17) is 9.84 Å². The number of rotatable bonds is 8. The highest BCUT2D eigenvalue weighted by molar-refractivity contribution is 7.97. The van der Waals surface area contributed by atoms with Crippen molar-refractivity contribution >= 4 is 17.7 Å². The van der Waals surface area contributed by atoms with Crippen LogP contribution >= 0.6 is 11.8 Å². The molecular formula is C15H24F6O4S. The third-order valence-electron chi connectivity index (χ3n) is 2.79. The summed E-state index contributed by atoms with van der Waals surface area (Å²) in [4.78, 5) is 11.0. The molecular weight excluding hydrogens is 390 g/mol. The van der Waals surface area contributed by atoms with Gasteiger partial charge in [0.25, 0.3) is 5.60 Å². The number of carbonyl (C=O) groups excluding carboxylic acids is 1. The standard InChI is InChI=1S/C13H18F6O4.C2H6S/c1-8(2)10(20)23-6-4-5-22-9(3)7-11(21,12(14,15)16)13(17,18)19;1-3-2/h9,21H,1,4-7H2,2-3H3;1-2H3. The Bertz CT molecular complexity index is 423. The van der Waals surface area contributed by atoms with Crippen molar-refractivity contribution in [2.45, 2.75) is 50.7 Å². The fourth-order valence-corrected chi connectivity index (χ4v) is 1.50. The van der Waals surface area contributed by atoms with Gasteiger partial charge in [-0.2, -0.15) is 38.1 Å². The highest BCUT2D eigenvalue weighted by Gasteiger charge is 2.70. The Labute approximate surface area is 152 Å². The molecule has 0 saturated heterocycles. The van der Waals surface area contributed by atoms with Crippen molar-refractivity contribution in [1.82, 2.24) is 0 Å². The van der Waals surface area contributed by atoms with Crippen LogP contribution in [0.25, 0.3) is 0 Å². The van der Waals surface area contributed by atoms with Gasteiger partial charge in [0.05, 0.1) is 19.3 Å². The summed E-state index contributed by atoms with van der Waals surface area (Å²) in [5, 5.41) is 8.98. The lowest BCUT2D eigenvalue weighted by Crippen LogP contribution is -2.58. The fraction of sp³-hybridized carbons (Fsp3) is 0.800. The minimum absolute atomic E-state index is 0.0693. The van der Waals surface area contributed by atoms with Gasteiger partial charge in [0.2, 0.25) is 0 Å². The molecule has 4 nitrogen and oxygen atoms in total. The largest absolute Gasteiger partial charge is 0.462 e. The molecule has 0 aliphatic carbocycles. The van der Waals surface area contributed by atoms with Gasteiger partial charge in [-0.3, -0.25) is 0 Å². The maximum atomic E-state index is 12.5. The predicted molar refractivity (Wildman–Crippen MR) is 86.9 cm³/mol. The van der Waals surface area contributed by atoms with E-state index >= 15 is 0 Å². The van der Waals surface area contributed by atoms with Crippen LogP contribution in [0.3, 0.4) is 0 Å². The maximum Gasteiger partial charge on any atom is 0.426 e. The molecule has 11 heteroatoms. The van der Waals surface area contributed by atoms with Crippen molar-refractivity contribution in [1.29, 1.82) is 0 Å². The first-order valence-corrected chi connectivity index (χ1v) is 8.97. The normalized spacial score (nSPS) is 13.5. The van der Waals surface area contributed by atoms with E-state index < -0.39 is 36.4 Å². The summed E-state index contributed by atoms with van der Waals surface area (Å²) in [7, 11) is 0. The van der Waals surface area contributed by atoms with Crippen LogP contribution in [0.5, 0.6) is 0 Å². The first kappa shape index (κ1) is 27.3. The van der Waals surface area contributed by atoms with E-state index in [9.17, 15) is 31.1 Å². The zero-order valence-corrected chi connectivity index (χ0v) is 15.8. The second-order valence-corrected chi connectivity index (χ2v) is 6.24. The third-order valence-corrected chi connectivity index (χ3v) is 2.79. The number of hydrogen-bond acceptors (Lipinski definition) is 5. The van der Waals surface area contributed by atoms with E-state index in [1.54, 1.807) is 11.8 Å². The summed E-state index contributed by atoms with van der Waals surface area (Å²) < 4.78 is 84.3. The van der Waals surface area contributed by atoms with E-state index in [2.05, 4.69) is 11.3 Å². The molecule has 0 aromatic rings. The highest BCUT2D eigenvalue weighted by atomic mass is 32.2. The molecule has 1 unspecified atom stereocenters. The second kappa shape index (κ2) is 11.7.